The lowest BCUT2D eigenvalue weighted by Gasteiger charge is -2.33. The zero-order chi connectivity index (χ0) is 16.1. The quantitative estimate of drug-likeness (QED) is 0.428. The molecule has 1 heterocycles. The Hall–Kier alpha value is -0.820. The molecule has 24 heavy (non-hydrogen) atoms. The van der Waals surface area contributed by atoms with E-state index in [1.54, 1.807) is 0 Å². The van der Waals surface area contributed by atoms with E-state index in [4.69, 9.17) is 5.73 Å². The van der Waals surface area contributed by atoms with E-state index in [1.165, 1.54) is 43.2 Å². The molecule has 0 aromatic heterocycles. The van der Waals surface area contributed by atoms with Gasteiger partial charge in [0.2, 0.25) is 0 Å². The van der Waals surface area contributed by atoms with Crippen molar-refractivity contribution in [2.75, 3.05) is 13.1 Å². The Balaban J connectivity index is 0.00000208. The normalized spacial score (nSPS) is 20.8. The Morgan fingerprint density at radius 3 is 2.71 bits per heavy atom. The minimum atomic E-state index is 0. The summed E-state index contributed by atoms with van der Waals surface area (Å²) in [5.74, 6) is 0.626. The van der Waals surface area contributed by atoms with Crippen molar-refractivity contribution in [1.29, 1.82) is 0 Å². The zero-order valence-corrected chi connectivity index (χ0v) is 17.0. The fourth-order valence-corrected chi connectivity index (χ4v) is 3.74. The van der Waals surface area contributed by atoms with Gasteiger partial charge in [0.05, 0.1) is 6.54 Å². The van der Waals surface area contributed by atoms with E-state index in [0.717, 1.165) is 26.1 Å². The number of nitrogens with one attached hydrogen (secondary N) is 1. The minimum absolute atomic E-state index is 0. The fourth-order valence-electron chi connectivity index (χ4n) is 3.74. The SMILES string of the molecule is CC(CN=C(N)NC1CCCCC1)N1CCc2ccccc2C1.I. The average molecular weight is 442 g/mol. The lowest BCUT2D eigenvalue weighted by Crippen LogP contribution is -2.43. The van der Waals surface area contributed by atoms with Crippen molar-refractivity contribution in [3.8, 4) is 0 Å². The molecule has 4 nitrogen and oxygen atoms in total. The molecule has 2 aliphatic rings. The van der Waals surface area contributed by atoms with Crippen molar-refractivity contribution in [1.82, 2.24) is 10.2 Å². The van der Waals surface area contributed by atoms with Gasteiger partial charge in [0.25, 0.3) is 0 Å². The molecule has 0 radical (unpaired) electrons. The summed E-state index contributed by atoms with van der Waals surface area (Å²) in [6.45, 7) is 5.17. The summed E-state index contributed by atoms with van der Waals surface area (Å²) in [6.07, 6.45) is 7.59. The maximum Gasteiger partial charge on any atom is 0.188 e. The monoisotopic (exact) mass is 442 g/mol. The summed E-state index contributed by atoms with van der Waals surface area (Å²) < 4.78 is 0. The van der Waals surface area contributed by atoms with Gasteiger partial charge in [-0.1, -0.05) is 43.5 Å². The van der Waals surface area contributed by atoms with Crippen molar-refractivity contribution in [2.24, 2.45) is 10.7 Å². The van der Waals surface area contributed by atoms with Gasteiger partial charge < -0.3 is 11.1 Å². The summed E-state index contributed by atoms with van der Waals surface area (Å²) >= 11 is 0. The molecule has 1 aromatic rings. The zero-order valence-electron chi connectivity index (χ0n) is 14.7. The molecule has 1 aliphatic heterocycles. The Bertz CT molecular complexity index is 540. The second kappa shape index (κ2) is 9.61. The van der Waals surface area contributed by atoms with E-state index in [-0.39, 0.29) is 24.0 Å². The van der Waals surface area contributed by atoms with Crippen molar-refractivity contribution >= 4 is 29.9 Å². The van der Waals surface area contributed by atoms with Gasteiger partial charge in [0.1, 0.15) is 0 Å². The topological polar surface area (TPSA) is 53.6 Å². The number of nitrogens with two attached hydrogens (primary N) is 1. The predicted octanol–water partition coefficient (Wildman–Crippen LogP) is 3.29. The number of rotatable bonds is 4. The lowest BCUT2D eigenvalue weighted by atomic mass is 9.96. The molecule has 1 fully saturated rings. The van der Waals surface area contributed by atoms with Gasteiger partial charge in [0, 0.05) is 25.2 Å². The van der Waals surface area contributed by atoms with Crippen molar-refractivity contribution in [3.05, 3.63) is 35.4 Å². The molecule has 1 atom stereocenters. The van der Waals surface area contributed by atoms with Crippen LogP contribution in [0.3, 0.4) is 0 Å². The maximum atomic E-state index is 6.08. The molecule has 3 rings (SSSR count). The molecule has 0 bridgehead atoms. The molecule has 0 amide bonds. The first-order chi connectivity index (χ1) is 11.2. The van der Waals surface area contributed by atoms with Crippen LogP contribution in [0.1, 0.15) is 50.2 Å². The minimum Gasteiger partial charge on any atom is -0.370 e. The summed E-state index contributed by atoms with van der Waals surface area (Å²) in [4.78, 5) is 7.10. The number of hydrogen-bond acceptors (Lipinski definition) is 2. The van der Waals surface area contributed by atoms with Crippen LogP contribution in [0.5, 0.6) is 0 Å². The molecular weight excluding hydrogens is 411 g/mol. The van der Waals surface area contributed by atoms with Gasteiger partial charge in [-0.3, -0.25) is 9.89 Å². The highest BCUT2D eigenvalue weighted by Crippen LogP contribution is 2.20. The van der Waals surface area contributed by atoms with E-state index >= 15 is 0 Å². The Labute approximate surface area is 163 Å². The first-order valence-electron chi connectivity index (χ1n) is 9.09. The first kappa shape index (κ1) is 19.5. The van der Waals surface area contributed by atoms with Gasteiger partial charge in [0.15, 0.2) is 5.96 Å². The highest BCUT2D eigenvalue weighted by Gasteiger charge is 2.20. The van der Waals surface area contributed by atoms with E-state index in [2.05, 4.69) is 46.4 Å². The molecule has 5 heteroatoms. The second-order valence-corrected chi connectivity index (χ2v) is 7.04. The van der Waals surface area contributed by atoms with Crippen LogP contribution in [0.4, 0.5) is 0 Å². The van der Waals surface area contributed by atoms with Crippen LogP contribution in [0, 0.1) is 0 Å². The van der Waals surface area contributed by atoms with Gasteiger partial charge in [-0.2, -0.15) is 0 Å². The summed E-state index contributed by atoms with van der Waals surface area (Å²) in [5, 5.41) is 3.40. The van der Waals surface area contributed by atoms with Crippen LogP contribution < -0.4 is 11.1 Å². The molecule has 1 aliphatic carbocycles. The molecule has 3 N–H and O–H groups in total. The van der Waals surface area contributed by atoms with Crippen molar-refractivity contribution in [3.63, 3.8) is 0 Å². The summed E-state index contributed by atoms with van der Waals surface area (Å²) in [7, 11) is 0. The van der Waals surface area contributed by atoms with E-state index < -0.39 is 0 Å². The molecule has 0 spiro atoms. The third-order valence-electron chi connectivity index (χ3n) is 5.27. The molecule has 1 unspecified atom stereocenters. The molecule has 0 saturated heterocycles. The van der Waals surface area contributed by atoms with Crippen LogP contribution in [-0.4, -0.2) is 36.0 Å². The number of halogens is 1. The second-order valence-electron chi connectivity index (χ2n) is 7.04. The van der Waals surface area contributed by atoms with E-state index in [0.29, 0.717) is 18.0 Å². The highest BCUT2D eigenvalue weighted by molar-refractivity contribution is 14.0. The lowest BCUT2D eigenvalue weighted by molar-refractivity contribution is 0.195. The van der Waals surface area contributed by atoms with Gasteiger partial charge in [-0.05, 0) is 37.3 Å². The van der Waals surface area contributed by atoms with E-state index in [9.17, 15) is 0 Å². The molecule has 1 saturated carbocycles. The van der Waals surface area contributed by atoms with Crippen LogP contribution in [0.25, 0.3) is 0 Å². The first-order valence-corrected chi connectivity index (χ1v) is 9.09. The standard InChI is InChI=1S/C19H30N4.HI/c1-15(13-21-19(20)22-18-9-3-2-4-10-18)23-12-11-16-7-5-6-8-17(16)14-23;/h5-8,15,18H,2-4,9-14H2,1H3,(H3,20,21,22);1H. The van der Waals surface area contributed by atoms with Crippen LogP contribution >= 0.6 is 24.0 Å². The maximum absolute atomic E-state index is 6.08. The third kappa shape index (κ3) is 5.34. The Kier molecular flexibility index (Phi) is 7.81. The highest BCUT2D eigenvalue weighted by atomic mass is 127. The predicted molar refractivity (Wildman–Crippen MR) is 112 cm³/mol. The Morgan fingerprint density at radius 2 is 1.96 bits per heavy atom. The number of benzene rings is 1. The number of nitrogens with zero attached hydrogens (tertiary/aromatic N) is 2. The van der Waals surface area contributed by atoms with Gasteiger partial charge in [-0.25, -0.2) is 0 Å². The summed E-state index contributed by atoms with van der Waals surface area (Å²) in [5.41, 5.74) is 9.04. The number of guanidine groups is 1. The smallest absolute Gasteiger partial charge is 0.188 e. The van der Waals surface area contributed by atoms with Crippen molar-refractivity contribution < 1.29 is 0 Å². The third-order valence-corrected chi connectivity index (χ3v) is 5.27. The molecule has 1 aromatic carbocycles. The number of hydrogen-bond donors (Lipinski definition) is 2. The van der Waals surface area contributed by atoms with Gasteiger partial charge in [-0.15, -0.1) is 24.0 Å². The van der Waals surface area contributed by atoms with Gasteiger partial charge >= 0.3 is 0 Å². The molecule has 134 valence electrons. The largest absolute Gasteiger partial charge is 0.370 e. The Morgan fingerprint density at radius 1 is 1.25 bits per heavy atom. The van der Waals surface area contributed by atoms with Crippen LogP contribution in [-0.2, 0) is 13.0 Å². The van der Waals surface area contributed by atoms with Crippen LogP contribution in [0.15, 0.2) is 29.3 Å². The number of aliphatic imine (C=N–C) groups is 1. The van der Waals surface area contributed by atoms with Crippen molar-refractivity contribution in [2.45, 2.75) is 64.1 Å². The van der Waals surface area contributed by atoms with Crippen LogP contribution in [0.2, 0.25) is 0 Å². The fraction of sp³-hybridized carbons (Fsp3) is 0.632. The summed E-state index contributed by atoms with van der Waals surface area (Å²) in [6, 6.07) is 9.73. The van der Waals surface area contributed by atoms with E-state index in [1.807, 2.05) is 0 Å². The average Bonchev–Trinajstić information content (AvgIpc) is 2.60. The number of fused-ring (bicyclic) bond motifs is 1. The molecular formula is C19H31IN4.